The Kier molecular flexibility index (Phi) is 5.99. The van der Waals surface area contributed by atoms with Gasteiger partial charge in [-0.3, -0.25) is 4.79 Å². The highest BCUT2D eigenvalue weighted by molar-refractivity contribution is 5.96. The average molecular weight is 279 g/mol. The number of rotatable bonds is 6. The number of aliphatic hydroxyl groups is 1. The van der Waals surface area contributed by atoms with Crippen LogP contribution in [0, 0.1) is 5.92 Å². The van der Waals surface area contributed by atoms with E-state index in [0.29, 0.717) is 12.1 Å². The summed E-state index contributed by atoms with van der Waals surface area (Å²) in [6.45, 7) is 3.87. The molecule has 0 aliphatic rings. The van der Waals surface area contributed by atoms with E-state index in [2.05, 4.69) is 10.6 Å². The van der Waals surface area contributed by atoms with E-state index in [4.69, 9.17) is 10.8 Å². The normalized spacial score (nSPS) is 12.0. The molecule has 20 heavy (non-hydrogen) atoms. The number of nitrogens with two attached hydrogens (primary N) is 1. The van der Waals surface area contributed by atoms with Gasteiger partial charge in [0.2, 0.25) is 5.91 Å². The molecule has 1 atom stereocenters. The summed E-state index contributed by atoms with van der Waals surface area (Å²) in [4.78, 5) is 23.0. The smallest absolute Gasteiger partial charge is 0.312 e. The van der Waals surface area contributed by atoms with Crippen LogP contribution < -0.4 is 16.4 Å². The zero-order chi connectivity index (χ0) is 15.1. The molecule has 110 valence electrons. The van der Waals surface area contributed by atoms with Crippen molar-refractivity contribution in [1.82, 2.24) is 5.32 Å². The number of hydrogen-bond acceptors (Lipinski definition) is 3. The number of benzene rings is 1. The molecule has 6 heteroatoms. The zero-order valence-corrected chi connectivity index (χ0v) is 11.7. The Bertz CT molecular complexity index is 457. The first-order chi connectivity index (χ1) is 9.42. The summed E-state index contributed by atoms with van der Waals surface area (Å²) < 4.78 is 0. The Morgan fingerprint density at radius 1 is 1.25 bits per heavy atom. The van der Waals surface area contributed by atoms with Gasteiger partial charge >= 0.3 is 6.03 Å². The fourth-order valence-corrected chi connectivity index (χ4v) is 1.80. The second kappa shape index (κ2) is 7.49. The summed E-state index contributed by atoms with van der Waals surface area (Å²) in [5, 5.41) is 14.1. The first kappa shape index (κ1) is 16.0. The molecule has 3 amide bonds. The third-order valence-electron chi connectivity index (χ3n) is 2.74. The molecule has 0 fully saturated rings. The lowest BCUT2D eigenvalue weighted by atomic mass is 10.0. The van der Waals surface area contributed by atoms with E-state index in [1.807, 2.05) is 13.8 Å². The number of carbonyl (C=O) groups is 2. The SMILES string of the molecule is CC(C)CC(NC(N)=O)C(=O)Nc1ccc(CO)cc1. The lowest BCUT2D eigenvalue weighted by molar-refractivity contribution is -0.118. The molecule has 6 nitrogen and oxygen atoms in total. The molecule has 0 saturated carbocycles. The summed E-state index contributed by atoms with van der Waals surface area (Å²) in [6, 6.07) is 5.44. The Morgan fingerprint density at radius 3 is 2.30 bits per heavy atom. The van der Waals surface area contributed by atoms with Crippen LogP contribution >= 0.6 is 0 Å². The summed E-state index contributed by atoms with van der Waals surface area (Å²) in [5.41, 5.74) is 6.45. The van der Waals surface area contributed by atoms with Crippen molar-refractivity contribution in [1.29, 1.82) is 0 Å². The van der Waals surface area contributed by atoms with Crippen molar-refractivity contribution < 1.29 is 14.7 Å². The van der Waals surface area contributed by atoms with Crippen molar-refractivity contribution in [3.63, 3.8) is 0 Å². The lowest BCUT2D eigenvalue weighted by Gasteiger charge is -2.19. The Morgan fingerprint density at radius 2 is 1.85 bits per heavy atom. The highest BCUT2D eigenvalue weighted by atomic mass is 16.3. The van der Waals surface area contributed by atoms with Crippen LogP contribution in [0.25, 0.3) is 0 Å². The predicted molar refractivity (Wildman–Crippen MR) is 77.0 cm³/mol. The van der Waals surface area contributed by atoms with Crippen molar-refractivity contribution in [2.45, 2.75) is 32.9 Å². The maximum atomic E-state index is 12.1. The van der Waals surface area contributed by atoms with Crippen LogP contribution in [0.3, 0.4) is 0 Å². The number of nitrogens with one attached hydrogen (secondary N) is 2. The minimum absolute atomic E-state index is 0.0482. The third-order valence-corrected chi connectivity index (χ3v) is 2.74. The average Bonchev–Trinajstić information content (AvgIpc) is 2.37. The Labute approximate surface area is 118 Å². The van der Waals surface area contributed by atoms with E-state index in [1.54, 1.807) is 24.3 Å². The van der Waals surface area contributed by atoms with Crippen LogP contribution in [-0.2, 0) is 11.4 Å². The summed E-state index contributed by atoms with van der Waals surface area (Å²) in [6.07, 6.45) is 0.503. The van der Waals surface area contributed by atoms with E-state index >= 15 is 0 Å². The molecule has 1 rings (SSSR count). The van der Waals surface area contributed by atoms with E-state index in [0.717, 1.165) is 5.56 Å². The first-order valence-electron chi connectivity index (χ1n) is 6.49. The van der Waals surface area contributed by atoms with Gasteiger partial charge in [0, 0.05) is 5.69 Å². The van der Waals surface area contributed by atoms with E-state index in [-0.39, 0.29) is 18.4 Å². The van der Waals surface area contributed by atoms with Gasteiger partial charge in [0.05, 0.1) is 6.61 Å². The number of primary amides is 1. The van der Waals surface area contributed by atoms with Crippen molar-refractivity contribution in [2.75, 3.05) is 5.32 Å². The van der Waals surface area contributed by atoms with Crippen LogP contribution in [0.1, 0.15) is 25.8 Å². The zero-order valence-electron chi connectivity index (χ0n) is 11.7. The molecular formula is C14H21N3O3. The highest BCUT2D eigenvalue weighted by Crippen LogP contribution is 2.12. The molecule has 0 saturated heterocycles. The summed E-state index contributed by atoms with van der Waals surface area (Å²) in [7, 11) is 0. The Hall–Kier alpha value is -2.08. The van der Waals surface area contributed by atoms with E-state index in [1.165, 1.54) is 0 Å². The number of hydrogen-bond donors (Lipinski definition) is 4. The van der Waals surface area contributed by atoms with Crippen molar-refractivity contribution in [2.24, 2.45) is 11.7 Å². The fourth-order valence-electron chi connectivity index (χ4n) is 1.80. The van der Waals surface area contributed by atoms with Gasteiger partial charge < -0.3 is 21.5 Å². The quantitative estimate of drug-likeness (QED) is 0.629. The minimum atomic E-state index is -0.721. The molecular weight excluding hydrogens is 258 g/mol. The van der Waals surface area contributed by atoms with Gasteiger partial charge in [0.1, 0.15) is 6.04 Å². The van der Waals surface area contributed by atoms with Gasteiger partial charge in [0.25, 0.3) is 0 Å². The Balaban J connectivity index is 2.70. The van der Waals surface area contributed by atoms with Crippen molar-refractivity contribution in [3.8, 4) is 0 Å². The molecule has 0 spiro atoms. The van der Waals surface area contributed by atoms with Crippen LogP contribution in [0.2, 0.25) is 0 Å². The van der Waals surface area contributed by atoms with Gasteiger partial charge in [0.15, 0.2) is 0 Å². The number of amides is 3. The molecule has 1 aromatic carbocycles. The van der Waals surface area contributed by atoms with Gasteiger partial charge in [-0.05, 0) is 30.0 Å². The minimum Gasteiger partial charge on any atom is -0.392 e. The predicted octanol–water partition coefficient (Wildman–Crippen LogP) is 1.20. The molecule has 0 radical (unpaired) electrons. The molecule has 0 aromatic heterocycles. The maximum Gasteiger partial charge on any atom is 0.312 e. The van der Waals surface area contributed by atoms with Gasteiger partial charge in [-0.2, -0.15) is 0 Å². The highest BCUT2D eigenvalue weighted by Gasteiger charge is 2.20. The van der Waals surface area contributed by atoms with E-state index < -0.39 is 12.1 Å². The van der Waals surface area contributed by atoms with Crippen LogP contribution in [0.4, 0.5) is 10.5 Å². The van der Waals surface area contributed by atoms with Gasteiger partial charge in [-0.15, -0.1) is 0 Å². The second-order valence-electron chi connectivity index (χ2n) is 5.04. The molecule has 0 aliphatic heterocycles. The lowest BCUT2D eigenvalue weighted by Crippen LogP contribution is -2.46. The second-order valence-corrected chi connectivity index (χ2v) is 5.04. The largest absolute Gasteiger partial charge is 0.392 e. The molecule has 1 unspecified atom stereocenters. The number of carbonyl (C=O) groups excluding carboxylic acids is 2. The molecule has 0 heterocycles. The van der Waals surface area contributed by atoms with Crippen molar-refractivity contribution in [3.05, 3.63) is 29.8 Å². The van der Waals surface area contributed by atoms with Crippen LogP contribution in [0.5, 0.6) is 0 Å². The molecule has 0 bridgehead atoms. The fraction of sp³-hybridized carbons (Fsp3) is 0.429. The standard InChI is InChI=1S/C14H21N3O3/c1-9(2)7-12(17-14(15)20)13(19)16-11-5-3-10(8-18)4-6-11/h3-6,9,12,18H,7-8H2,1-2H3,(H,16,19)(H3,15,17,20). The van der Waals surface area contributed by atoms with Crippen LogP contribution in [0.15, 0.2) is 24.3 Å². The van der Waals surface area contributed by atoms with E-state index in [9.17, 15) is 9.59 Å². The molecule has 1 aromatic rings. The van der Waals surface area contributed by atoms with Crippen LogP contribution in [-0.4, -0.2) is 23.1 Å². The topological polar surface area (TPSA) is 104 Å². The molecule has 5 N–H and O–H groups in total. The monoisotopic (exact) mass is 279 g/mol. The van der Waals surface area contributed by atoms with Gasteiger partial charge in [-0.1, -0.05) is 26.0 Å². The maximum absolute atomic E-state index is 12.1. The van der Waals surface area contributed by atoms with Crippen molar-refractivity contribution >= 4 is 17.6 Å². The first-order valence-corrected chi connectivity index (χ1v) is 6.49. The third kappa shape index (κ3) is 5.27. The summed E-state index contributed by atoms with van der Waals surface area (Å²) >= 11 is 0. The summed E-state index contributed by atoms with van der Waals surface area (Å²) in [5.74, 6) is -0.0661. The van der Waals surface area contributed by atoms with Gasteiger partial charge in [-0.25, -0.2) is 4.79 Å². The number of urea groups is 1. The number of aliphatic hydroxyl groups excluding tert-OH is 1. The molecule has 0 aliphatic carbocycles. The number of anilines is 1.